The van der Waals surface area contributed by atoms with E-state index in [1.54, 1.807) is 0 Å². The van der Waals surface area contributed by atoms with Crippen molar-refractivity contribution < 1.29 is 46.8 Å². The molecule has 1 heterocycles. The SMILES string of the molecule is CC/C=C\CC1OC1C/C=C\C/C=C\C/C=C\C/C=C\CCC(=O)OC[C@H](COP(=O)([O-])OCC[N+](C)(C)C)OC(=O)CCCCCCCCCCCCCCCCCCCCCCC. The maximum absolute atomic E-state index is 12.8. The van der Waals surface area contributed by atoms with Crippen molar-refractivity contribution in [2.75, 3.05) is 47.5 Å². The smallest absolute Gasteiger partial charge is 0.306 e. The van der Waals surface area contributed by atoms with E-state index in [-0.39, 0.29) is 26.1 Å². The predicted octanol–water partition coefficient (Wildman–Crippen LogP) is 13.9. The average molecular weight is 934 g/mol. The summed E-state index contributed by atoms with van der Waals surface area (Å²) in [6.07, 6.45) is 54.5. The second kappa shape index (κ2) is 41.8. The third-order valence-corrected chi connectivity index (χ3v) is 12.4. The minimum atomic E-state index is -4.65. The second-order valence-electron chi connectivity index (χ2n) is 18.9. The van der Waals surface area contributed by atoms with E-state index in [0.29, 0.717) is 36.1 Å². The molecule has 376 valence electrons. The zero-order chi connectivity index (χ0) is 47.5. The van der Waals surface area contributed by atoms with Gasteiger partial charge in [0.25, 0.3) is 7.82 Å². The number of phosphoric acid groups is 1. The molecule has 0 bridgehead atoms. The summed E-state index contributed by atoms with van der Waals surface area (Å²) in [5, 5.41) is 0. The van der Waals surface area contributed by atoms with Crippen molar-refractivity contribution in [1.82, 2.24) is 0 Å². The number of carbonyl (C=O) groups is 2. The number of carbonyl (C=O) groups excluding carboxylic acids is 2. The van der Waals surface area contributed by atoms with Gasteiger partial charge >= 0.3 is 11.9 Å². The molecule has 1 fully saturated rings. The summed E-state index contributed by atoms with van der Waals surface area (Å²) in [6.45, 7) is 4.04. The Morgan fingerprint density at radius 1 is 0.569 bits per heavy atom. The van der Waals surface area contributed by atoms with E-state index in [2.05, 4.69) is 62.5 Å². The van der Waals surface area contributed by atoms with E-state index in [0.717, 1.165) is 57.8 Å². The van der Waals surface area contributed by atoms with Crippen molar-refractivity contribution >= 4 is 19.8 Å². The number of allylic oxidation sites excluding steroid dienone is 8. The van der Waals surface area contributed by atoms with Gasteiger partial charge < -0.3 is 32.6 Å². The van der Waals surface area contributed by atoms with Crippen molar-refractivity contribution in [1.29, 1.82) is 0 Å². The monoisotopic (exact) mass is 934 g/mol. The Hall–Kier alpha value is -2.33. The Labute approximate surface area is 398 Å². The van der Waals surface area contributed by atoms with Gasteiger partial charge in [0.2, 0.25) is 0 Å². The van der Waals surface area contributed by atoms with Gasteiger partial charge in [0.05, 0.1) is 40.0 Å². The van der Waals surface area contributed by atoms with Crippen molar-refractivity contribution in [3.05, 3.63) is 60.8 Å². The summed E-state index contributed by atoms with van der Waals surface area (Å²) in [5.74, 6) is -0.931. The van der Waals surface area contributed by atoms with Crippen molar-refractivity contribution in [2.45, 2.75) is 225 Å². The van der Waals surface area contributed by atoms with Crippen LogP contribution in [0.4, 0.5) is 0 Å². The Balaban J connectivity index is 2.24. The van der Waals surface area contributed by atoms with E-state index in [1.807, 2.05) is 33.3 Å². The molecule has 0 aromatic heterocycles. The van der Waals surface area contributed by atoms with Crippen LogP contribution in [0.15, 0.2) is 60.8 Å². The van der Waals surface area contributed by atoms with Crippen LogP contribution in [-0.4, -0.2) is 82.2 Å². The van der Waals surface area contributed by atoms with Gasteiger partial charge in [-0.2, -0.15) is 0 Å². The van der Waals surface area contributed by atoms with E-state index in [4.69, 9.17) is 23.3 Å². The van der Waals surface area contributed by atoms with Gasteiger partial charge in [0.15, 0.2) is 6.10 Å². The van der Waals surface area contributed by atoms with E-state index >= 15 is 0 Å². The molecule has 0 radical (unpaired) electrons. The molecule has 0 spiro atoms. The highest BCUT2D eigenvalue weighted by Crippen LogP contribution is 2.38. The zero-order valence-electron chi connectivity index (χ0n) is 42.1. The second-order valence-corrected chi connectivity index (χ2v) is 20.3. The number of esters is 2. The Kier molecular flexibility index (Phi) is 39.0. The van der Waals surface area contributed by atoms with Crippen molar-refractivity contribution in [2.24, 2.45) is 0 Å². The van der Waals surface area contributed by atoms with E-state index in [1.165, 1.54) is 109 Å². The lowest BCUT2D eigenvalue weighted by atomic mass is 10.0. The Bertz CT molecular complexity index is 1350. The highest BCUT2D eigenvalue weighted by atomic mass is 31.2. The van der Waals surface area contributed by atoms with Crippen LogP contribution in [0.5, 0.6) is 0 Å². The van der Waals surface area contributed by atoms with E-state index < -0.39 is 32.5 Å². The number of hydrogen-bond acceptors (Lipinski definition) is 9. The molecule has 10 nitrogen and oxygen atoms in total. The number of nitrogens with zero attached hydrogens (tertiary/aromatic N) is 1. The lowest BCUT2D eigenvalue weighted by Gasteiger charge is -2.28. The molecule has 1 rings (SSSR count). The number of rotatable bonds is 46. The Morgan fingerprint density at radius 2 is 1.02 bits per heavy atom. The summed E-state index contributed by atoms with van der Waals surface area (Å²) in [5.41, 5.74) is 0. The zero-order valence-corrected chi connectivity index (χ0v) is 43.0. The predicted molar refractivity (Wildman–Crippen MR) is 267 cm³/mol. The maximum atomic E-state index is 12.8. The Morgan fingerprint density at radius 3 is 1.49 bits per heavy atom. The average Bonchev–Trinajstić information content (AvgIpc) is 4.02. The molecule has 11 heteroatoms. The quantitative estimate of drug-likeness (QED) is 0.0147. The molecule has 0 amide bonds. The van der Waals surface area contributed by atoms with Gasteiger partial charge in [-0.3, -0.25) is 14.2 Å². The molecule has 0 saturated carbocycles. The summed E-state index contributed by atoms with van der Waals surface area (Å²) in [6, 6.07) is 0. The highest BCUT2D eigenvalue weighted by molar-refractivity contribution is 7.45. The molecule has 65 heavy (non-hydrogen) atoms. The van der Waals surface area contributed by atoms with E-state index in [9.17, 15) is 19.0 Å². The summed E-state index contributed by atoms with van der Waals surface area (Å²) in [4.78, 5) is 37.7. The van der Waals surface area contributed by atoms with Crippen molar-refractivity contribution in [3.63, 3.8) is 0 Å². The number of epoxide rings is 1. The van der Waals surface area contributed by atoms with Gasteiger partial charge in [0, 0.05) is 12.8 Å². The molecule has 3 unspecified atom stereocenters. The fourth-order valence-electron chi connectivity index (χ4n) is 7.31. The van der Waals surface area contributed by atoms with Crippen LogP contribution in [0.3, 0.4) is 0 Å². The third-order valence-electron chi connectivity index (χ3n) is 11.5. The van der Waals surface area contributed by atoms with Crippen LogP contribution in [0.2, 0.25) is 0 Å². The van der Waals surface area contributed by atoms with Crippen LogP contribution in [0.25, 0.3) is 0 Å². The topological polar surface area (TPSA) is 124 Å². The number of ether oxygens (including phenoxy) is 3. The molecule has 0 aromatic carbocycles. The first-order valence-electron chi connectivity index (χ1n) is 26.1. The summed E-state index contributed by atoms with van der Waals surface area (Å²) < 4.78 is 39.7. The number of quaternary nitrogens is 1. The maximum Gasteiger partial charge on any atom is 0.306 e. The lowest BCUT2D eigenvalue weighted by molar-refractivity contribution is -0.870. The molecule has 0 aromatic rings. The van der Waals surface area contributed by atoms with Crippen LogP contribution < -0.4 is 4.89 Å². The minimum absolute atomic E-state index is 0.0448. The largest absolute Gasteiger partial charge is 0.756 e. The fourth-order valence-corrected chi connectivity index (χ4v) is 8.04. The standard InChI is InChI=1S/C54H96NO9P/c1-6-8-10-11-12-13-14-15-16-17-18-19-20-21-22-23-28-31-34-37-41-45-54(57)63-50(49-62-65(58,59)61-47-46-55(3,4)5)48-60-53(56)44-40-36-33-30-27-25-24-26-29-32-35-39-43-52-51(64-52)42-38-9-7-2/h9,25-27,29,33,35-36,38-39,50-52H,6-8,10-24,28,30-32,34,37,40-49H2,1-5H3/b27-25-,29-26-,36-33-,38-9-,39-35-/t50-,51?,52?/m1/s1. The lowest BCUT2D eigenvalue weighted by Crippen LogP contribution is -2.37. The number of likely N-dealkylation sites (N-methyl/N-ethyl adjacent to an activating group) is 1. The van der Waals surface area contributed by atoms with Crippen LogP contribution in [0.1, 0.15) is 206 Å². The van der Waals surface area contributed by atoms with Crippen LogP contribution in [-0.2, 0) is 37.4 Å². The molecule has 1 aliphatic rings. The van der Waals surface area contributed by atoms with Gasteiger partial charge in [0.1, 0.15) is 19.8 Å². The number of phosphoric ester groups is 1. The molecule has 0 aliphatic carbocycles. The fraction of sp³-hybridized carbons (Fsp3) is 0.778. The molecular weight excluding hydrogens is 838 g/mol. The van der Waals surface area contributed by atoms with Gasteiger partial charge in [-0.1, -0.05) is 203 Å². The molecule has 1 aliphatic heterocycles. The normalized spacial score (nSPS) is 17.0. The third kappa shape index (κ3) is 42.7. The molecule has 4 atom stereocenters. The first-order valence-corrected chi connectivity index (χ1v) is 27.6. The first-order chi connectivity index (χ1) is 31.5. The molecule has 1 saturated heterocycles. The molecule has 0 N–H and O–H groups in total. The van der Waals surface area contributed by atoms with Crippen LogP contribution in [0, 0.1) is 0 Å². The highest BCUT2D eigenvalue weighted by Gasteiger charge is 2.36. The minimum Gasteiger partial charge on any atom is -0.756 e. The summed E-state index contributed by atoms with van der Waals surface area (Å²) >= 11 is 0. The summed E-state index contributed by atoms with van der Waals surface area (Å²) in [7, 11) is 1.12. The van der Waals surface area contributed by atoms with Gasteiger partial charge in [-0.05, 0) is 51.4 Å². The van der Waals surface area contributed by atoms with Gasteiger partial charge in [-0.15, -0.1) is 0 Å². The molecular formula is C54H96NO9P. The van der Waals surface area contributed by atoms with Crippen LogP contribution >= 0.6 is 7.82 Å². The van der Waals surface area contributed by atoms with Crippen molar-refractivity contribution in [3.8, 4) is 0 Å². The first kappa shape index (κ1) is 60.7. The number of unbranched alkanes of at least 4 members (excludes halogenated alkanes) is 20. The van der Waals surface area contributed by atoms with Gasteiger partial charge in [-0.25, -0.2) is 0 Å². The number of hydrogen-bond donors (Lipinski definition) is 0.